The summed E-state index contributed by atoms with van der Waals surface area (Å²) >= 11 is 0. The van der Waals surface area contributed by atoms with Crippen LogP contribution in [0.4, 0.5) is 0 Å². The summed E-state index contributed by atoms with van der Waals surface area (Å²) < 4.78 is 10.6. The lowest BCUT2D eigenvalue weighted by atomic mass is 10.1. The molecule has 2 rings (SSSR count). The van der Waals surface area contributed by atoms with Crippen molar-refractivity contribution in [2.45, 2.75) is 52.6 Å². The number of hydrogen-bond donors (Lipinski definition) is 1. The number of benzene rings is 2. The molecule has 0 unspecified atom stereocenters. The van der Waals surface area contributed by atoms with Gasteiger partial charge in [0.1, 0.15) is 6.04 Å². The predicted octanol–water partition coefficient (Wildman–Crippen LogP) is 3.89. The number of aryl methyl sites for hydroxylation is 2. The third-order valence-electron chi connectivity index (χ3n) is 5.27. The van der Waals surface area contributed by atoms with E-state index in [4.69, 9.17) is 9.47 Å². The molecule has 0 aliphatic rings. The molecule has 0 saturated carbocycles. The first-order valence-corrected chi connectivity index (χ1v) is 10.7. The SMILES string of the molecule is CCCNC(=O)[C@@H](C)N(Cc1ccc(C)cc1)C(=O)CCc1ccc(OC)c(OC)c1. The van der Waals surface area contributed by atoms with E-state index in [2.05, 4.69) is 5.32 Å². The number of carbonyl (C=O) groups excluding carboxylic acids is 2. The van der Waals surface area contributed by atoms with Crippen molar-refractivity contribution in [1.82, 2.24) is 10.2 Å². The van der Waals surface area contributed by atoms with Crippen molar-refractivity contribution in [3.8, 4) is 11.5 Å². The Labute approximate surface area is 185 Å². The quantitative estimate of drug-likeness (QED) is 0.592. The highest BCUT2D eigenvalue weighted by Crippen LogP contribution is 2.28. The summed E-state index contributed by atoms with van der Waals surface area (Å²) in [4.78, 5) is 27.4. The van der Waals surface area contributed by atoms with Crippen LogP contribution in [0.2, 0.25) is 0 Å². The molecule has 2 aromatic rings. The predicted molar refractivity (Wildman–Crippen MR) is 122 cm³/mol. The molecule has 0 aliphatic heterocycles. The lowest BCUT2D eigenvalue weighted by Gasteiger charge is -2.29. The van der Waals surface area contributed by atoms with Crippen molar-refractivity contribution >= 4 is 11.8 Å². The van der Waals surface area contributed by atoms with Gasteiger partial charge >= 0.3 is 0 Å². The van der Waals surface area contributed by atoms with Gasteiger partial charge in [0.15, 0.2) is 11.5 Å². The third-order valence-corrected chi connectivity index (χ3v) is 5.27. The van der Waals surface area contributed by atoms with Gasteiger partial charge in [-0.05, 0) is 49.9 Å². The largest absolute Gasteiger partial charge is 0.493 e. The molecule has 31 heavy (non-hydrogen) atoms. The zero-order valence-electron chi connectivity index (χ0n) is 19.2. The van der Waals surface area contributed by atoms with E-state index < -0.39 is 6.04 Å². The Kier molecular flexibility index (Phi) is 9.38. The molecule has 6 nitrogen and oxygen atoms in total. The van der Waals surface area contributed by atoms with Gasteiger partial charge < -0.3 is 19.7 Å². The van der Waals surface area contributed by atoms with Gasteiger partial charge in [-0.15, -0.1) is 0 Å². The molecule has 2 amide bonds. The van der Waals surface area contributed by atoms with Crippen LogP contribution in [0.3, 0.4) is 0 Å². The number of ether oxygens (including phenoxy) is 2. The summed E-state index contributed by atoms with van der Waals surface area (Å²) in [7, 11) is 3.18. The van der Waals surface area contributed by atoms with E-state index in [0.29, 0.717) is 37.4 Å². The van der Waals surface area contributed by atoms with Crippen LogP contribution < -0.4 is 14.8 Å². The van der Waals surface area contributed by atoms with Crippen LogP contribution in [0.15, 0.2) is 42.5 Å². The topological polar surface area (TPSA) is 67.9 Å². The molecule has 0 saturated heterocycles. The van der Waals surface area contributed by atoms with E-state index in [0.717, 1.165) is 23.1 Å². The Morgan fingerprint density at radius 2 is 1.65 bits per heavy atom. The average Bonchev–Trinajstić information content (AvgIpc) is 2.79. The molecule has 0 bridgehead atoms. The molecule has 1 atom stereocenters. The summed E-state index contributed by atoms with van der Waals surface area (Å²) in [6.07, 6.45) is 1.70. The second-order valence-electron chi connectivity index (χ2n) is 7.66. The van der Waals surface area contributed by atoms with Gasteiger partial charge in [-0.25, -0.2) is 0 Å². The highest BCUT2D eigenvalue weighted by Gasteiger charge is 2.25. The Morgan fingerprint density at radius 3 is 2.26 bits per heavy atom. The summed E-state index contributed by atoms with van der Waals surface area (Å²) in [6, 6.07) is 13.1. The van der Waals surface area contributed by atoms with E-state index in [1.165, 1.54) is 0 Å². The molecule has 1 N–H and O–H groups in total. The highest BCUT2D eigenvalue weighted by molar-refractivity contribution is 5.87. The lowest BCUT2D eigenvalue weighted by molar-refractivity contribution is -0.140. The molecule has 168 valence electrons. The summed E-state index contributed by atoms with van der Waals surface area (Å²) in [6.45, 7) is 6.81. The first-order valence-electron chi connectivity index (χ1n) is 10.7. The van der Waals surface area contributed by atoms with Gasteiger partial charge in [0.2, 0.25) is 11.8 Å². The minimum Gasteiger partial charge on any atom is -0.493 e. The summed E-state index contributed by atoms with van der Waals surface area (Å²) in [5, 5.41) is 2.90. The number of amides is 2. The van der Waals surface area contributed by atoms with Gasteiger partial charge in [-0.1, -0.05) is 42.8 Å². The zero-order chi connectivity index (χ0) is 22.8. The minimum absolute atomic E-state index is 0.0606. The van der Waals surface area contributed by atoms with Crippen molar-refractivity contribution in [3.63, 3.8) is 0 Å². The fourth-order valence-corrected chi connectivity index (χ4v) is 3.30. The highest BCUT2D eigenvalue weighted by atomic mass is 16.5. The molecular weight excluding hydrogens is 392 g/mol. The second kappa shape index (κ2) is 12.0. The van der Waals surface area contributed by atoms with Crippen LogP contribution in [0, 0.1) is 6.92 Å². The molecule has 2 aromatic carbocycles. The van der Waals surface area contributed by atoms with Crippen LogP contribution >= 0.6 is 0 Å². The molecule has 6 heteroatoms. The maximum Gasteiger partial charge on any atom is 0.242 e. The Morgan fingerprint density at radius 1 is 1.00 bits per heavy atom. The molecule has 0 heterocycles. The smallest absolute Gasteiger partial charge is 0.242 e. The van der Waals surface area contributed by atoms with Gasteiger partial charge in [-0.2, -0.15) is 0 Å². The van der Waals surface area contributed by atoms with E-state index in [1.807, 2.05) is 56.3 Å². The number of carbonyl (C=O) groups is 2. The fourth-order valence-electron chi connectivity index (χ4n) is 3.30. The molecule has 0 spiro atoms. The van der Waals surface area contributed by atoms with E-state index in [9.17, 15) is 9.59 Å². The number of methoxy groups -OCH3 is 2. The van der Waals surface area contributed by atoms with Gasteiger partial charge in [-0.3, -0.25) is 9.59 Å². The maximum absolute atomic E-state index is 13.2. The molecular formula is C25H34N2O4. The zero-order valence-corrected chi connectivity index (χ0v) is 19.2. The standard InChI is InChI=1S/C25H34N2O4/c1-6-15-26-25(29)19(3)27(17-21-9-7-18(2)8-10-21)24(28)14-12-20-11-13-22(30-4)23(16-20)31-5/h7-11,13,16,19H,6,12,14-15,17H2,1-5H3,(H,26,29)/t19-/m1/s1. The van der Waals surface area contributed by atoms with E-state index in [1.54, 1.807) is 26.0 Å². The van der Waals surface area contributed by atoms with Crippen LogP contribution in [0.25, 0.3) is 0 Å². The van der Waals surface area contributed by atoms with Gasteiger partial charge in [0.25, 0.3) is 0 Å². The van der Waals surface area contributed by atoms with E-state index >= 15 is 0 Å². The van der Waals surface area contributed by atoms with Crippen molar-refractivity contribution in [3.05, 3.63) is 59.2 Å². The van der Waals surface area contributed by atoms with Crippen molar-refractivity contribution < 1.29 is 19.1 Å². The number of nitrogens with one attached hydrogen (secondary N) is 1. The minimum atomic E-state index is -0.550. The van der Waals surface area contributed by atoms with Crippen LogP contribution in [0.5, 0.6) is 11.5 Å². The maximum atomic E-state index is 13.2. The van der Waals surface area contributed by atoms with E-state index in [-0.39, 0.29) is 11.8 Å². The third kappa shape index (κ3) is 7.02. The fraction of sp³-hybridized carbons (Fsp3) is 0.440. The monoisotopic (exact) mass is 426 g/mol. The second-order valence-corrected chi connectivity index (χ2v) is 7.66. The molecule has 0 fully saturated rings. The first-order chi connectivity index (χ1) is 14.9. The average molecular weight is 427 g/mol. The molecule has 0 aliphatic carbocycles. The van der Waals surface area contributed by atoms with Crippen LogP contribution in [-0.2, 0) is 22.6 Å². The van der Waals surface area contributed by atoms with Crippen LogP contribution in [-0.4, -0.2) is 43.5 Å². The molecule has 0 radical (unpaired) electrons. The van der Waals surface area contributed by atoms with Crippen molar-refractivity contribution in [2.75, 3.05) is 20.8 Å². The normalized spacial score (nSPS) is 11.5. The Hall–Kier alpha value is -3.02. The Balaban J connectivity index is 2.14. The lowest BCUT2D eigenvalue weighted by Crippen LogP contribution is -2.47. The van der Waals surface area contributed by atoms with Crippen molar-refractivity contribution in [1.29, 1.82) is 0 Å². The number of nitrogens with zero attached hydrogens (tertiary/aromatic N) is 1. The summed E-state index contributed by atoms with van der Waals surface area (Å²) in [5.74, 6) is 1.10. The number of hydrogen-bond acceptors (Lipinski definition) is 4. The number of rotatable bonds is 11. The first kappa shape index (κ1) is 24.3. The van der Waals surface area contributed by atoms with Gasteiger partial charge in [0, 0.05) is 19.5 Å². The van der Waals surface area contributed by atoms with Crippen molar-refractivity contribution in [2.24, 2.45) is 0 Å². The Bertz CT molecular complexity index is 864. The van der Waals surface area contributed by atoms with Gasteiger partial charge in [0.05, 0.1) is 14.2 Å². The van der Waals surface area contributed by atoms with Crippen LogP contribution in [0.1, 0.15) is 43.4 Å². The summed E-state index contributed by atoms with van der Waals surface area (Å²) in [5.41, 5.74) is 3.13. The molecule has 0 aromatic heterocycles.